The average Bonchev–Trinajstić information content (AvgIpc) is 2.75. The Morgan fingerprint density at radius 1 is 1.06 bits per heavy atom. The van der Waals surface area contributed by atoms with Gasteiger partial charge < -0.3 is 20.1 Å². The highest BCUT2D eigenvalue weighted by atomic mass is 16.5. The summed E-state index contributed by atoms with van der Waals surface area (Å²) in [5.41, 5.74) is 8.34. The maximum absolute atomic E-state index is 13.4. The van der Waals surface area contributed by atoms with Crippen LogP contribution in [0.5, 0.6) is 5.75 Å². The van der Waals surface area contributed by atoms with Gasteiger partial charge in [-0.1, -0.05) is 52.8 Å². The van der Waals surface area contributed by atoms with Gasteiger partial charge in [0.1, 0.15) is 5.75 Å². The third-order valence-corrected chi connectivity index (χ3v) is 5.32. The molecule has 0 saturated carbocycles. The highest BCUT2D eigenvalue weighted by molar-refractivity contribution is 5.98. The summed E-state index contributed by atoms with van der Waals surface area (Å²) in [6.07, 6.45) is 0.461. The van der Waals surface area contributed by atoms with Gasteiger partial charge in [-0.25, -0.2) is 0 Å². The fourth-order valence-corrected chi connectivity index (χ4v) is 3.66. The molecule has 0 aliphatic carbocycles. The first kappa shape index (κ1) is 26.2. The van der Waals surface area contributed by atoms with Crippen molar-refractivity contribution in [2.24, 2.45) is 11.3 Å². The molecule has 0 aliphatic heterocycles. The topological polar surface area (TPSA) is 81.9 Å². The predicted molar refractivity (Wildman–Crippen MR) is 134 cm³/mol. The molecule has 0 aliphatic rings. The van der Waals surface area contributed by atoms with Crippen LogP contribution in [0.2, 0.25) is 0 Å². The fourth-order valence-electron chi connectivity index (χ4n) is 3.66. The van der Waals surface area contributed by atoms with E-state index >= 15 is 0 Å². The van der Waals surface area contributed by atoms with E-state index in [0.29, 0.717) is 36.7 Å². The largest absolute Gasteiger partial charge is 0.495 e. The van der Waals surface area contributed by atoms with E-state index in [0.717, 1.165) is 11.1 Å². The first-order valence-corrected chi connectivity index (χ1v) is 11.5. The number of ether oxygens (including phenoxy) is 2. The van der Waals surface area contributed by atoms with Crippen molar-refractivity contribution in [2.45, 2.75) is 53.9 Å². The number of nitrogens with zero attached hydrogens (tertiary/aromatic N) is 1. The molecular weight excluding hydrogens is 416 g/mol. The minimum atomic E-state index is -0.569. The minimum Gasteiger partial charge on any atom is -0.495 e. The second kappa shape index (κ2) is 11.2. The van der Waals surface area contributed by atoms with Gasteiger partial charge in [0.15, 0.2) is 0 Å². The van der Waals surface area contributed by atoms with Crippen molar-refractivity contribution in [3.63, 3.8) is 0 Å². The summed E-state index contributed by atoms with van der Waals surface area (Å²) < 4.78 is 11.0. The van der Waals surface area contributed by atoms with E-state index in [1.165, 1.54) is 0 Å². The number of esters is 1. The number of benzene rings is 2. The van der Waals surface area contributed by atoms with Crippen molar-refractivity contribution in [1.82, 2.24) is 0 Å². The fraction of sp³-hybridized carbons (Fsp3) is 0.481. The molecule has 1 atom stereocenters. The molecule has 2 N–H and O–H groups in total. The van der Waals surface area contributed by atoms with Gasteiger partial charge >= 0.3 is 5.97 Å². The molecule has 0 radical (unpaired) electrons. The molecule has 33 heavy (non-hydrogen) atoms. The van der Waals surface area contributed by atoms with Crippen molar-refractivity contribution >= 4 is 23.3 Å². The zero-order valence-electron chi connectivity index (χ0n) is 21.0. The van der Waals surface area contributed by atoms with Gasteiger partial charge in [-0.15, -0.1) is 0 Å². The lowest BCUT2D eigenvalue weighted by Crippen LogP contribution is -2.42. The smallest absolute Gasteiger partial charge is 0.313 e. The van der Waals surface area contributed by atoms with E-state index in [1.54, 1.807) is 18.9 Å². The van der Waals surface area contributed by atoms with Crippen molar-refractivity contribution < 1.29 is 19.1 Å². The van der Waals surface area contributed by atoms with E-state index in [2.05, 4.69) is 13.8 Å². The number of nitrogens with two attached hydrogens (primary N) is 1. The van der Waals surface area contributed by atoms with Gasteiger partial charge in [-0.05, 0) is 54.7 Å². The lowest BCUT2D eigenvalue weighted by Gasteiger charge is -2.32. The summed E-state index contributed by atoms with van der Waals surface area (Å²) in [4.78, 5) is 28.1. The maximum Gasteiger partial charge on any atom is 0.313 e. The van der Waals surface area contributed by atoms with Crippen LogP contribution in [-0.2, 0) is 20.7 Å². The molecule has 0 fully saturated rings. The highest BCUT2D eigenvalue weighted by Crippen LogP contribution is 2.36. The Morgan fingerprint density at radius 2 is 1.70 bits per heavy atom. The highest BCUT2D eigenvalue weighted by Gasteiger charge is 2.32. The zero-order chi connectivity index (χ0) is 24.8. The average molecular weight is 455 g/mol. The molecule has 2 aromatic carbocycles. The molecule has 0 bridgehead atoms. The Kier molecular flexibility index (Phi) is 8.91. The van der Waals surface area contributed by atoms with Crippen molar-refractivity contribution in [1.29, 1.82) is 0 Å². The Labute approximate surface area is 198 Å². The van der Waals surface area contributed by atoms with Crippen LogP contribution in [0.15, 0.2) is 42.5 Å². The van der Waals surface area contributed by atoms with Crippen LogP contribution in [0.4, 0.5) is 11.4 Å². The summed E-state index contributed by atoms with van der Waals surface area (Å²) in [5, 5.41) is 0. The van der Waals surface area contributed by atoms with Crippen LogP contribution in [0.3, 0.4) is 0 Å². The molecule has 0 saturated heterocycles. The second-order valence-electron chi connectivity index (χ2n) is 9.74. The third-order valence-electron chi connectivity index (χ3n) is 5.32. The van der Waals surface area contributed by atoms with Crippen molar-refractivity contribution in [3.8, 4) is 5.75 Å². The number of amides is 1. The number of methoxy groups -OCH3 is 1. The van der Waals surface area contributed by atoms with Crippen molar-refractivity contribution in [2.75, 3.05) is 30.9 Å². The minimum absolute atomic E-state index is 0.00197. The van der Waals surface area contributed by atoms with E-state index in [1.807, 2.05) is 63.2 Å². The van der Waals surface area contributed by atoms with Crippen LogP contribution in [0.1, 0.15) is 58.6 Å². The van der Waals surface area contributed by atoms with Gasteiger partial charge in [-0.2, -0.15) is 0 Å². The quantitative estimate of drug-likeness (QED) is 0.416. The summed E-state index contributed by atoms with van der Waals surface area (Å²) >= 11 is 0. The molecular formula is C27H38N2O4. The molecule has 180 valence electrons. The Balaban J connectivity index is 2.58. The standard InChI is InChI=1S/C27H38N2O4/c1-8-33-25(30)22(15-19-9-12-21(28)13-10-19)20-11-14-24(32-7)23(16-20)29(17-18(2)3)26(31)27(4,5)6/h9-14,16,18,22H,8,15,17,28H2,1-7H3. The Hall–Kier alpha value is -3.02. The van der Waals surface area contributed by atoms with Gasteiger partial charge in [0.2, 0.25) is 5.91 Å². The number of hydrogen-bond acceptors (Lipinski definition) is 5. The Morgan fingerprint density at radius 3 is 2.21 bits per heavy atom. The number of carbonyl (C=O) groups excluding carboxylic acids is 2. The molecule has 1 amide bonds. The van der Waals surface area contributed by atoms with Gasteiger partial charge in [0, 0.05) is 17.6 Å². The van der Waals surface area contributed by atoms with Crippen LogP contribution >= 0.6 is 0 Å². The molecule has 0 heterocycles. The predicted octanol–water partition coefficient (Wildman–Crippen LogP) is 5.20. The SMILES string of the molecule is CCOC(=O)C(Cc1ccc(N)cc1)c1ccc(OC)c(N(CC(C)C)C(=O)C(C)(C)C)c1. The summed E-state index contributed by atoms with van der Waals surface area (Å²) in [6, 6.07) is 13.1. The Bertz CT molecular complexity index is 946. The molecule has 0 spiro atoms. The normalized spacial score (nSPS) is 12.4. The van der Waals surface area contributed by atoms with E-state index in [4.69, 9.17) is 15.2 Å². The number of hydrogen-bond donors (Lipinski definition) is 1. The summed E-state index contributed by atoms with van der Waals surface area (Å²) in [6.45, 7) is 12.5. The van der Waals surface area contributed by atoms with Crippen molar-refractivity contribution in [3.05, 3.63) is 53.6 Å². The molecule has 6 nitrogen and oxygen atoms in total. The first-order valence-electron chi connectivity index (χ1n) is 11.5. The number of nitrogen functional groups attached to an aromatic ring is 1. The zero-order valence-corrected chi connectivity index (χ0v) is 21.0. The summed E-state index contributed by atoms with van der Waals surface area (Å²) in [7, 11) is 1.59. The van der Waals surface area contributed by atoms with Crippen LogP contribution in [-0.4, -0.2) is 32.1 Å². The van der Waals surface area contributed by atoms with Crippen LogP contribution in [0, 0.1) is 11.3 Å². The molecule has 2 rings (SSSR count). The van der Waals surface area contributed by atoms with Crippen LogP contribution < -0.4 is 15.4 Å². The lowest BCUT2D eigenvalue weighted by atomic mass is 9.90. The molecule has 0 aromatic heterocycles. The molecule has 6 heteroatoms. The van der Waals surface area contributed by atoms with Gasteiger partial charge in [0.25, 0.3) is 0 Å². The van der Waals surface area contributed by atoms with Crippen LogP contribution in [0.25, 0.3) is 0 Å². The molecule has 2 aromatic rings. The maximum atomic E-state index is 13.4. The van der Waals surface area contributed by atoms with E-state index in [-0.39, 0.29) is 17.8 Å². The monoisotopic (exact) mass is 454 g/mol. The third kappa shape index (κ3) is 6.98. The first-order chi connectivity index (χ1) is 15.5. The van der Waals surface area contributed by atoms with E-state index < -0.39 is 11.3 Å². The number of anilines is 2. The van der Waals surface area contributed by atoms with Gasteiger partial charge in [-0.3, -0.25) is 9.59 Å². The lowest BCUT2D eigenvalue weighted by molar-refractivity contribution is -0.145. The number of rotatable bonds is 9. The number of carbonyl (C=O) groups is 2. The van der Waals surface area contributed by atoms with E-state index in [9.17, 15) is 9.59 Å². The van der Waals surface area contributed by atoms with Gasteiger partial charge in [0.05, 0.1) is 25.3 Å². The molecule has 1 unspecified atom stereocenters. The second-order valence-corrected chi connectivity index (χ2v) is 9.74. The summed E-state index contributed by atoms with van der Waals surface area (Å²) in [5.74, 6) is 0.0112.